The van der Waals surface area contributed by atoms with Crippen LogP contribution in [-0.2, 0) is 0 Å². The number of aromatic amines is 1. The molecule has 2 heterocycles. The molecule has 0 aliphatic rings. The number of fused-ring (bicyclic) bond motifs is 1. The lowest BCUT2D eigenvalue weighted by Gasteiger charge is -1.93. The number of hydrogen-bond donors (Lipinski definition) is 1. The zero-order chi connectivity index (χ0) is 10.5. The number of nitrogens with zero attached hydrogens (tertiary/aromatic N) is 4. The molecule has 0 bridgehead atoms. The summed E-state index contributed by atoms with van der Waals surface area (Å²) < 4.78 is 0. The van der Waals surface area contributed by atoms with Crippen LogP contribution in [0.25, 0.3) is 11.2 Å². The zero-order valence-electron chi connectivity index (χ0n) is 8.64. The molecule has 0 radical (unpaired) electrons. The van der Waals surface area contributed by atoms with E-state index in [0.29, 0.717) is 11.5 Å². The summed E-state index contributed by atoms with van der Waals surface area (Å²) in [7, 11) is 0. The molecule has 2 aromatic heterocycles. The minimum Gasteiger partial charge on any atom is -0.340 e. The molecule has 2 aromatic rings. The van der Waals surface area contributed by atoms with Crippen LogP contribution in [0.3, 0.4) is 0 Å². The predicted octanol–water partition coefficient (Wildman–Crippen LogP) is 2.25. The van der Waals surface area contributed by atoms with Crippen molar-refractivity contribution in [3.63, 3.8) is 0 Å². The first kappa shape index (κ1) is 9.76. The lowest BCUT2D eigenvalue weighted by Crippen LogP contribution is -1.83. The first-order valence-corrected chi connectivity index (χ1v) is 5.08. The van der Waals surface area contributed by atoms with Crippen LogP contribution >= 0.6 is 0 Å². The van der Waals surface area contributed by atoms with Gasteiger partial charge in [-0.1, -0.05) is 13.3 Å². The number of nitrogens with one attached hydrogen (secondary N) is 1. The minimum atomic E-state index is 0.660. The Kier molecular flexibility index (Phi) is 3.02. The van der Waals surface area contributed by atoms with Gasteiger partial charge in [-0.25, -0.2) is 19.9 Å². The lowest BCUT2D eigenvalue weighted by atomic mass is 10.3. The molecule has 0 saturated heterocycles. The van der Waals surface area contributed by atoms with Gasteiger partial charge in [0.05, 0.1) is 6.33 Å². The van der Waals surface area contributed by atoms with E-state index >= 15 is 0 Å². The maximum Gasteiger partial charge on any atom is 0.182 e. The molecule has 0 aliphatic heterocycles. The summed E-state index contributed by atoms with van der Waals surface area (Å²) in [5.74, 6) is 0.661. The molecule has 0 aliphatic carbocycles. The molecular formula is C10H13N5. The van der Waals surface area contributed by atoms with E-state index in [1.54, 1.807) is 6.33 Å². The number of hydrogen-bond acceptors (Lipinski definition) is 4. The highest BCUT2D eigenvalue weighted by atomic mass is 15.0. The van der Waals surface area contributed by atoms with Crippen molar-refractivity contribution in [2.24, 2.45) is 4.99 Å². The molecular weight excluding hydrogens is 190 g/mol. The maximum absolute atomic E-state index is 4.30. The van der Waals surface area contributed by atoms with Gasteiger partial charge in [-0.05, 0) is 12.8 Å². The fourth-order valence-electron chi connectivity index (χ4n) is 1.30. The van der Waals surface area contributed by atoms with Crippen molar-refractivity contribution in [3.05, 3.63) is 12.7 Å². The topological polar surface area (TPSA) is 66.8 Å². The quantitative estimate of drug-likeness (QED) is 0.612. The molecule has 0 atom stereocenters. The molecule has 5 heteroatoms. The van der Waals surface area contributed by atoms with E-state index in [-0.39, 0.29) is 0 Å². The molecule has 78 valence electrons. The van der Waals surface area contributed by atoms with Gasteiger partial charge in [0.15, 0.2) is 11.5 Å². The van der Waals surface area contributed by atoms with Crippen LogP contribution in [-0.4, -0.2) is 26.2 Å². The molecule has 1 N–H and O–H groups in total. The second kappa shape index (κ2) is 4.63. The highest BCUT2D eigenvalue weighted by Gasteiger charge is 2.02. The molecule has 0 fully saturated rings. The van der Waals surface area contributed by atoms with E-state index < -0.39 is 0 Å². The molecule has 0 saturated carbocycles. The summed E-state index contributed by atoms with van der Waals surface area (Å²) in [6.07, 6.45) is 8.29. The van der Waals surface area contributed by atoms with Crippen LogP contribution in [0.15, 0.2) is 17.6 Å². The number of aromatic nitrogens is 4. The van der Waals surface area contributed by atoms with E-state index in [1.165, 1.54) is 12.7 Å². The molecule has 15 heavy (non-hydrogen) atoms. The first-order chi connectivity index (χ1) is 7.42. The Bertz CT molecular complexity index is 460. The fraction of sp³-hybridized carbons (Fsp3) is 0.400. The van der Waals surface area contributed by atoms with Crippen molar-refractivity contribution in [1.29, 1.82) is 0 Å². The molecule has 0 spiro atoms. The van der Waals surface area contributed by atoms with Gasteiger partial charge in [-0.15, -0.1) is 0 Å². The number of aliphatic imine (C=N–C) groups is 1. The van der Waals surface area contributed by atoms with Crippen molar-refractivity contribution in [1.82, 2.24) is 19.9 Å². The van der Waals surface area contributed by atoms with Gasteiger partial charge in [0, 0.05) is 6.21 Å². The van der Waals surface area contributed by atoms with Crippen LogP contribution < -0.4 is 0 Å². The van der Waals surface area contributed by atoms with E-state index in [1.807, 2.05) is 6.21 Å². The zero-order valence-corrected chi connectivity index (χ0v) is 8.64. The summed E-state index contributed by atoms with van der Waals surface area (Å²) in [5.41, 5.74) is 1.46. The average Bonchev–Trinajstić information content (AvgIpc) is 2.73. The largest absolute Gasteiger partial charge is 0.340 e. The third-order valence-corrected chi connectivity index (χ3v) is 2.10. The predicted molar refractivity (Wildman–Crippen MR) is 59.4 cm³/mol. The standard InChI is InChI=1S/C10H13N5/c1-2-3-4-5-11-9-8-10(13-6-12-8)15-7-14-9/h5-7H,2-4H2,1H3,(H,12,13,14,15). The normalized spacial score (nSPS) is 11.5. The summed E-state index contributed by atoms with van der Waals surface area (Å²) >= 11 is 0. The summed E-state index contributed by atoms with van der Waals surface area (Å²) in [5, 5.41) is 0. The van der Waals surface area contributed by atoms with Crippen LogP contribution in [0.4, 0.5) is 5.82 Å². The van der Waals surface area contributed by atoms with Gasteiger partial charge >= 0.3 is 0 Å². The number of rotatable bonds is 4. The smallest absolute Gasteiger partial charge is 0.182 e. The highest BCUT2D eigenvalue weighted by Crippen LogP contribution is 2.16. The Labute approximate surface area is 87.7 Å². The van der Waals surface area contributed by atoms with Gasteiger partial charge in [-0.2, -0.15) is 0 Å². The molecule has 0 aromatic carbocycles. The van der Waals surface area contributed by atoms with Crippen LogP contribution in [0.1, 0.15) is 26.2 Å². The molecule has 5 nitrogen and oxygen atoms in total. The third kappa shape index (κ3) is 2.18. The Balaban J connectivity index is 2.20. The van der Waals surface area contributed by atoms with Gasteiger partial charge in [0.1, 0.15) is 11.8 Å². The lowest BCUT2D eigenvalue weighted by molar-refractivity contribution is 0.842. The first-order valence-electron chi connectivity index (χ1n) is 5.08. The second-order valence-corrected chi connectivity index (χ2v) is 3.25. The third-order valence-electron chi connectivity index (χ3n) is 2.10. The van der Waals surface area contributed by atoms with Crippen molar-refractivity contribution < 1.29 is 0 Å². The van der Waals surface area contributed by atoms with E-state index in [2.05, 4.69) is 31.9 Å². The number of H-pyrrole nitrogens is 1. The Hall–Kier alpha value is -1.78. The van der Waals surface area contributed by atoms with Crippen molar-refractivity contribution in [3.8, 4) is 0 Å². The average molecular weight is 203 g/mol. The second-order valence-electron chi connectivity index (χ2n) is 3.25. The van der Waals surface area contributed by atoms with Gasteiger partial charge in [0.25, 0.3) is 0 Å². The summed E-state index contributed by atoms with van der Waals surface area (Å²) in [6, 6.07) is 0. The van der Waals surface area contributed by atoms with E-state index in [9.17, 15) is 0 Å². The summed E-state index contributed by atoms with van der Waals surface area (Å²) in [6.45, 7) is 2.16. The molecule has 2 rings (SSSR count). The minimum absolute atomic E-state index is 0.660. The van der Waals surface area contributed by atoms with Crippen LogP contribution in [0.5, 0.6) is 0 Å². The van der Waals surface area contributed by atoms with Gasteiger partial charge in [-0.3, -0.25) is 0 Å². The van der Waals surface area contributed by atoms with Gasteiger partial charge < -0.3 is 4.98 Å². The van der Waals surface area contributed by atoms with Crippen molar-refractivity contribution in [2.45, 2.75) is 26.2 Å². The van der Waals surface area contributed by atoms with Crippen molar-refractivity contribution in [2.75, 3.05) is 0 Å². The Morgan fingerprint density at radius 1 is 1.40 bits per heavy atom. The highest BCUT2D eigenvalue weighted by molar-refractivity contribution is 5.82. The van der Waals surface area contributed by atoms with Crippen LogP contribution in [0.2, 0.25) is 0 Å². The number of imidazole rings is 1. The molecule has 0 unspecified atom stereocenters. The van der Waals surface area contributed by atoms with E-state index in [4.69, 9.17) is 0 Å². The number of unbranched alkanes of at least 4 members (excludes halogenated alkanes) is 2. The maximum atomic E-state index is 4.30. The van der Waals surface area contributed by atoms with Crippen LogP contribution in [0, 0.1) is 0 Å². The Morgan fingerprint density at radius 2 is 2.33 bits per heavy atom. The molecule has 0 amide bonds. The monoisotopic (exact) mass is 203 g/mol. The van der Waals surface area contributed by atoms with Crippen molar-refractivity contribution >= 4 is 23.2 Å². The van der Waals surface area contributed by atoms with E-state index in [0.717, 1.165) is 18.4 Å². The summed E-state index contributed by atoms with van der Waals surface area (Å²) in [4.78, 5) is 19.4. The van der Waals surface area contributed by atoms with Gasteiger partial charge in [0.2, 0.25) is 0 Å². The Morgan fingerprint density at radius 3 is 3.20 bits per heavy atom. The SMILES string of the molecule is CCCCC=Nc1ncnc2nc[nH]c12. The fourth-order valence-corrected chi connectivity index (χ4v) is 1.30.